The lowest BCUT2D eigenvalue weighted by Gasteiger charge is -2.05. The lowest BCUT2D eigenvalue weighted by molar-refractivity contribution is -0.255. The fourth-order valence-corrected chi connectivity index (χ4v) is 1.77. The van der Waals surface area contributed by atoms with Gasteiger partial charge in [-0.25, -0.2) is 9.97 Å². The lowest BCUT2D eigenvalue weighted by atomic mass is 10.1. The van der Waals surface area contributed by atoms with Crippen molar-refractivity contribution >= 4 is 27.9 Å². The van der Waals surface area contributed by atoms with Gasteiger partial charge in [0.2, 0.25) is 0 Å². The number of carbonyl (C=O) groups is 1. The third-order valence-corrected chi connectivity index (χ3v) is 2.46. The van der Waals surface area contributed by atoms with Crippen LogP contribution in [0.15, 0.2) is 30.6 Å². The highest BCUT2D eigenvalue weighted by atomic mass is 16.4. The Bertz CT molecular complexity index is 703. The zero-order valence-corrected chi connectivity index (χ0v) is 8.10. The SMILES string of the molecule is O=C([O-])c1nc2ccccc2c2nc[nH]c12. The molecule has 1 N–H and O–H groups in total. The number of imidazole rings is 1. The molecule has 1 aromatic carbocycles. The molecule has 78 valence electrons. The van der Waals surface area contributed by atoms with E-state index in [0.29, 0.717) is 16.6 Å². The van der Waals surface area contributed by atoms with Crippen molar-refractivity contribution in [1.82, 2.24) is 15.0 Å². The summed E-state index contributed by atoms with van der Waals surface area (Å²) in [6.07, 6.45) is 1.45. The molecule has 0 amide bonds. The van der Waals surface area contributed by atoms with Crippen molar-refractivity contribution in [2.24, 2.45) is 0 Å². The summed E-state index contributed by atoms with van der Waals surface area (Å²) >= 11 is 0. The van der Waals surface area contributed by atoms with Crippen molar-refractivity contribution in [3.8, 4) is 0 Å². The molecule has 0 unspecified atom stereocenters. The van der Waals surface area contributed by atoms with E-state index in [-0.39, 0.29) is 5.69 Å². The van der Waals surface area contributed by atoms with Gasteiger partial charge < -0.3 is 14.9 Å². The van der Waals surface area contributed by atoms with Gasteiger partial charge in [0.05, 0.1) is 28.8 Å². The fraction of sp³-hybridized carbons (Fsp3) is 0. The van der Waals surface area contributed by atoms with E-state index >= 15 is 0 Å². The van der Waals surface area contributed by atoms with Crippen molar-refractivity contribution in [3.63, 3.8) is 0 Å². The van der Waals surface area contributed by atoms with Crippen LogP contribution in [0, 0.1) is 0 Å². The number of carboxylic acid groups (broad SMARTS) is 1. The third-order valence-electron chi connectivity index (χ3n) is 2.46. The summed E-state index contributed by atoms with van der Waals surface area (Å²) < 4.78 is 0. The zero-order valence-electron chi connectivity index (χ0n) is 8.10. The number of carboxylic acids is 1. The Hall–Kier alpha value is -2.43. The standard InChI is InChI=1S/C11H7N3O2/c15-11(16)10-9-8(12-5-13-9)6-3-1-2-4-7(6)14-10/h1-5H,(H,12,13)(H,15,16)/p-1. The number of carbonyl (C=O) groups excluding carboxylic acids is 1. The molecule has 0 aliphatic rings. The van der Waals surface area contributed by atoms with Gasteiger partial charge >= 0.3 is 0 Å². The quantitative estimate of drug-likeness (QED) is 0.635. The van der Waals surface area contributed by atoms with E-state index in [0.717, 1.165) is 5.39 Å². The molecule has 0 spiro atoms. The number of fused-ring (bicyclic) bond motifs is 3. The van der Waals surface area contributed by atoms with Gasteiger partial charge in [0, 0.05) is 5.39 Å². The molecule has 0 aliphatic carbocycles. The van der Waals surface area contributed by atoms with Gasteiger partial charge in [-0.15, -0.1) is 0 Å². The second kappa shape index (κ2) is 3.03. The van der Waals surface area contributed by atoms with Gasteiger partial charge in [-0.2, -0.15) is 0 Å². The highest BCUT2D eigenvalue weighted by Gasteiger charge is 2.10. The summed E-state index contributed by atoms with van der Waals surface area (Å²) in [5.74, 6) is -1.31. The molecule has 0 aliphatic heterocycles. The number of rotatable bonds is 1. The van der Waals surface area contributed by atoms with Gasteiger partial charge in [-0.1, -0.05) is 18.2 Å². The number of hydrogen-bond acceptors (Lipinski definition) is 4. The number of aromatic nitrogens is 3. The summed E-state index contributed by atoms with van der Waals surface area (Å²) in [6, 6.07) is 7.25. The molecule has 2 aromatic heterocycles. The molecule has 3 rings (SSSR count). The topological polar surface area (TPSA) is 81.7 Å². The van der Waals surface area contributed by atoms with E-state index < -0.39 is 5.97 Å². The van der Waals surface area contributed by atoms with Crippen LogP contribution in [-0.4, -0.2) is 20.9 Å². The number of pyridine rings is 1. The molecule has 5 nitrogen and oxygen atoms in total. The van der Waals surface area contributed by atoms with Crippen LogP contribution in [0.3, 0.4) is 0 Å². The van der Waals surface area contributed by atoms with Crippen LogP contribution in [0.25, 0.3) is 21.9 Å². The second-order valence-electron chi connectivity index (χ2n) is 3.39. The predicted octanol–water partition coefficient (Wildman–Crippen LogP) is 0.475. The summed E-state index contributed by atoms with van der Waals surface area (Å²) in [5.41, 5.74) is 1.50. The normalized spacial score (nSPS) is 11.0. The third kappa shape index (κ3) is 1.08. The Morgan fingerprint density at radius 2 is 2.12 bits per heavy atom. The first kappa shape index (κ1) is 8.84. The summed E-state index contributed by atoms with van der Waals surface area (Å²) in [4.78, 5) is 21.8. The van der Waals surface area contributed by atoms with Crippen molar-refractivity contribution in [3.05, 3.63) is 36.3 Å². The zero-order chi connectivity index (χ0) is 11.1. The van der Waals surface area contributed by atoms with Crippen molar-refractivity contribution in [1.29, 1.82) is 0 Å². The minimum Gasteiger partial charge on any atom is -0.543 e. The number of nitrogens with one attached hydrogen (secondary N) is 1. The molecule has 3 aromatic rings. The molecule has 2 heterocycles. The Morgan fingerprint density at radius 1 is 1.31 bits per heavy atom. The molecule has 16 heavy (non-hydrogen) atoms. The van der Waals surface area contributed by atoms with Crippen LogP contribution in [-0.2, 0) is 0 Å². The van der Waals surface area contributed by atoms with Crippen LogP contribution in [0.5, 0.6) is 0 Å². The van der Waals surface area contributed by atoms with E-state index in [1.54, 1.807) is 12.1 Å². The number of benzene rings is 1. The van der Waals surface area contributed by atoms with E-state index in [2.05, 4.69) is 15.0 Å². The number of aromatic carboxylic acids is 1. The molecule has 5 heteroatoms. The van der Waals surface area contributed by atoms with Crippen molar-refractivity contribution in [2.75, 3.05) is 0 Å². The Labute approximate surface area is 89.8 Å². The van der Waals surface area contributed by atoms with Crippen LogP contribution < -0.4 is 5.11 Å². The Kier molecular flexibility index (Phi) is 1.67. The lowest BCUT2D eigenvalue weighted by Crippen LogP contribution is -2.24. The first-order valence-electron chi connectivity index (χ1n) is 4.70. The maximum absolute atomic E-state index is 10.9. The maximum Gasteiger partial charge on any atom is 0.112 e. The van der Waals surface area contributed by atoms with Crippen LogP contribution in [0.2, 0.25) is 0 Å². The Balaban J connectivity index is 2.58. The Morgan fingerprint density at radius 3 is 2.94 bits per heavy atom. The van der Waals surface area contributed by atoms with Crippen LogP contribution in [0.1, 0.15) is 10.5 Å². The summed E-state index contributed by atoms with van der Waals surface area (Å²) in [7, 11) is 0. The monoisotopic (exact) mass is 212 g/mol. The highest BCUT2D eigenvalue weighted by molar-refractivity contribution is 6.09. The molecule has 0 radical (unpaired) electrons. The number of hydrogen-bond donors (Lipinski definition) is 1. The maximum atomic E-state index is 10.9. The predicted molar refractivity (Wildman–Crippen MR) is 55.7 cm³/mol. The first-order valence-corrected chi connectivity index (χ1v) is 4.70. The minimum absolute atomic E-state index is 0.105. The largest absolute Gasteiger partial charge is 0.543 e. The van der Waals surface area contributed by atoms with Gasteiger partial charge in [-0.3, -0.25) is 0 Å². The minimum atomic E-state index is -1.31. The van der Waals surface area contributed by atoms with Crippen molar-refractivity contribution < 1.29 is 9.90 Å². The molecule has 0 bridgehead atoms. The average Bonchev–Trinajstić information content (AvgIpc) is 2.76. The number of aromatic amines is 1. The van der Waals surface area contributed by atoms with Crippen LogP contribution in [0.4, 0.5) is 0 Å². The molecule has 0 saturated heterocycles. The number of nitrogens with zero attached hydrogens (tertiary/aromatic N) is 2. The number of para-hydroxylation sites is 1. The molecular formula is C11H6N3O2-. The van der Waals surface area contributed by atoms with E-state index in [1.165, 1.54) is 6.33 Å². The van der Waals surface area contributed by atoms with Gasteiger partial charge in [0.25, 0.3) is 0 Å². The van der Waals surface area contributed by atoms with E-state index in [9.17, 15) is 9.90 Å². The fourth-order valence-electron chi connectivity index (χ4n) is 1.77. The van der Waals surface area contributed by atoms with Gasteiger partial charge in [0.15, 0.2) is 0 Å². The molecule has 0 fully saturated rings. The first-order chi connectivity index (χ1) is 7.77. The van der Waals surface area contributed by atoms with Crippen LogP contribution >= 0.6 is 0 Å². The highest BCUT2D eigenvalue weighted by Crippen LogP contribution is 2.22. The van der Waals surface area contributed by atoms with Gasteiger partial charge in [-0.05, 0) is 6.07 Å². The van der Waals surface area contributed by atoms with Gasteiger partial charge in [0.1, 0.15) is 5.69 Å². The smallest absolute Gasteiger partial charge is 0.112 e. The van der Waals surface area contributed by atoms with E-state index in [1.807, 2.05) is 12.1 Å². The molecular weight excluding hydrogens is 206 g/mol. The summed E-state index contributed by atoms with van der Waals surface area (Å²) in [5, 5.41) is 11.8. The molecule has 0 atom stereocenters. The average molecular weight is 212 g/mol. The van der Waals surface area contributed by atoms with Crippen molar-refractivity contribution in [2.45, 2.75) is 0 Å². The summed E-state index contributed by atoms with van der Waals surface area (Å²) in [6.45, 7) is 0. The molecule has 0 saturated carbocycles. The second-order valence-corrected chi connectivity index (χ2v) is 3.39. The number of H-pyrrole nitrogens is 1. The van der Waals surface area contributed by atoms with E-state index in [4.69, 9.17) is 0 Å².